The summed E-state index contributed by atoms with van der Waals surface area (Å²) in [7, 11) is 0. The Labute approximate surface area is 178 Å². The third-order valence-corrected chi connectivity index (χ3v) is 6.03. The van der Waals surface area contributed by atoms with Gasteiger partial charge < -0.3 is 11.1 Å². The molecule has 29 heavy (non-hydrogen) atoms. The van der Waals surface area contributed by atoms with Gasteiger partial charge in [-0.1, -0.05) is 60.1 Å². The predicted molar refractivity (Wildman–Crippen MR) is 121 cm³/mol. The maximum atomic E-state index is 10.0. The van der Waals surface area contributed by atoms with Crippen molar-refractivity contribution in [3.63, 3.8) is 0 Å². The van der Waals surface area contributed by atoms with Crippen LogP contribution in [0.3, 0.4) is 0 Å². The van der Waals surface area contributed by atoms with Gasteiger partial charge in [0.15, 0.2) is 0 Å². The third kappa shape index (κ3) is 3.95. The number of anilines is 2. The van der Waals surface area contributed by atoms with Crippen molar-refractivity contribution in [3.8, 4) is 27.6 Å². The monoisotopic (exact) mass is 416 g/mol. The van der Waals surface area contributed by atoms with Crippen molar-refractivity contribution in [2.45, 2.75) is 6.54 Å². The summed E-state index contributed by atoms with van der Waals surface area (Å²) in [6.07, 6.45) is 1.67. The smallest absolute Gasteiger partial charge is 0.123 e. The fourth-order valence-electron chi connectivity index (χ4n) is 3.15. The third-order valence-electron chi connectivity index (χ3n) is 4.50. The van der Waals surface area contributed by atoms with E-state index in [1.807, 2.05) is 66.7 Å². The van der Waals surface area contributed by atoms with Crippen LogP contribution in [0.1, 0.15) is 11.1 Å². The summed E-state index contributed by atoms with van der Waals surface area (Å²) in [6.45, 7) is 0.621. The zero-order valence-electron chi connectivity index (χ0n) is 15.4. The quantitative estimate of drug-likeness (QED) is 0.406. The topological polar surface area (TPSA) is 74.7 Å². The second kappa shape index (κ2) is 8.36. The van der Waals surface area contributed by atoms with Gasteiger partial charge in [0.1, 0.15) is 16.9 Å². The number of nitrogens with two attached hydrogens (primary N) is 1. The van der Waals surface area contributed by atoms with Crippen molar-refractivity contribution in [2.24, 2.45) is 0 Å². The van der Waals surface area contributed by atoms with Crippen LogP contribution in [0.15, 0.2) is 72.9 Å². The molecule has 2 aromatic heterocycles. The van der Waals surface area contributed by atoms with Crippen LogP contribution in [-0.2, 0) is 6.54 Å². The van der Waals surface area contributed by atoms with Crippen LogP contribution in [-0.4, -0.2) is 4.98 Å². The number of nitrogen functional groups attached to an aromatic ring is 1. The Morgan fingerprint density at radius 2 is 1.83 bits per heavy atom. The van der Waals surface area contributed by atoms with E-state index in [0.717, 1.165) is 32.1 Å². The van der Waals surface area contributed by atoms with Crippen LogP contribution in [0, 0.1) is 11.3 Å². The molecule has 4 aromatic rings. The molecular formula is C23H17ClN4S. The number of thiophene rings is 1. The SMILES string of the molecule is N#Cc1c(NCc2ccccc2)sc(-c2ccnc(N)c2)c1-c1ccccc1Cl. The first-order valence-electron chi connectivity index (χ1n) is 8.99. The van der Waals surface area contributed by atoms with Crippen molar-refractivity contribution in [1.82, 2.24) is 4.98 Å². The molecule has 0 amide bonds. The highest BCUT2D eigenvalue weighted by Gasteiger charge is 2.22. The number of hydrogen-bond donors (Lipinski definition) is 2. The average Bonchev–Trinajstić information content (AvgIpc) is 3.11. The van der Waals surface area contributed by atoms with E-state index in [1.165, 1.54) is 11.3 Å². The van der Waals surface area contributed by atoms with Gasteiger partial charge >= 0.3 is 0 Å². The first kappa shape index (κ1) is 19.0. The van der Waals surface area contributed by atoms with Gasteiger partial charge in [0.2, 0.25) is 0 Å². The molecule has 0 spiro atoms. The highest BCUT2D eigenvalue weighted by Crippen LogP contribution is 2.47. The normalized spacial score (nSPS) is 10.5. The van der Waals surface area contributed by atoms with Gasteiger partial charge in [-0.25, -0.2) is 4.98 Å². The zero-order chi connectivity index (χ0) is 20.2. The van der Waals surface area contributed by atoms with Crippen LogP contribution >= 0.6 is 22.9 Å². The maximum Gasteiger partial charge on any atom is 0.123 e. The molecule has 0 saturated heterocycles. The van der Waals surface area contributed by atoms with E-state index in [1.54, 1.807) is 6.20 Å². The van der Waals surface area contributed by atoms with Crippen LogP contribution in [0.2, 0.25) is 5.02 Å². The molecule has 3 N–H and O–H groups in total. The Bertz CT molecular complexity index is 1200. The zero-order valence-corrected chi connectivity index (χ0v) is 17.0. The lowest BCUT2D eigenvalue weighted by Crippen LogP contribution is -1.98. The summed E-state index contributed by atoms with van der Waals surface area (Å²) >= 11 is 8.02. The first-order valence-corrected chi connectivity index (χ1v) is 10.2. The summed E-state index contributed by atoms with van der Waals surface area (Å²) in [4.78, 5) is 5.02. The standard InChI is InChI=1S/C23H17ClN4S/c24-19-9-5-4-8-17(19)21-18(13-25)23(28-14-15-6-2-1-3-7-15)29-22(21)16-10-11-27-20(26)12-16/h1-12,28H,14H2,(H2,26,27). The predicted octanol–water partition coefficient (Wildman–Crippen LogP) is 6.20. The fourth-order valence-corrected chi connectivity index (χ4v) is 4.54. The molecule has 0 fully saturated rings. The van der Waals surface area contributed by atoms with Crippen LogP contribution in [0.5, 0.6) is 0 Å². The van der Waals surface area contributed by atoms with E-state index in [-0.39, 0.29) is 0 Å². The average molecular weight is 417 g/mol. The largest absolute Gasteiger partial charge is 0.384 e. The lowest BCUT2D eigenvalue weighted by atomic mass is 9.99. The Hall–Kier alpha value is -3.33. The minimum Gasteiger partial charge on any atom is -0.384 e. The number of rotatable bonds is 5. The molecule has 0 saturated carbocycles. The van der Waals surface area contributed by atoms with Gasteiger partial charge in [-0.05, 0) is 29.3 Å². The number of halogens is 1. The minimum absolute atomic E-state index is 0.429. The molecule has 0 bridgehead atoms. The number of aromatic nitrogens is 1. The molecule has 0 aliphatic carbocycles. The molecule has 0 aliphatic rings. The highest BCUT2D eigenvalue weighted by molar-refractivity contribution is 7.20. The number of nitriles is 1. The number of benzene rings is 2. The minimum atomic E-state index is 0.429. The van der Waals surface area contributed by atoms with Crippen molar-refractivity contribution >= 4 is 33.8 Å². The van der Waals surface area contributed by atoms with Crippen LogP contribution < -0.4 is 11.1 Å². The summed E-state index contributed by atoms with van der Waals surface area (Å²) in [5.41, 5.74) is 10.2. The number of nitrogens with one attached hydrogen (secondary N) is 1. The molecule has 2 heterocycles. The first-order chi connectivity index (χ1) is 14.2. The van der Waals surface area contributed by atoms with Crippen molar-refractivity contribution in [3.05, 3.63) is 89.1 Å². The molecule has 4 nitrogen and oxygen atoms in total. The Morgan fingerprint density at radius 1 is 1.07 bits per heavy atom. The maximum absolute atomic E-state index is 10.0. The molecule has 0 aliphatic heterocycles. The summed E-state index contributed by atoms with van der Waals surface area (Å²) < 4.78 is 0. The Kier molecular flexibility index (Phi) is 5.48. The van der Waals surface area contributed by atoms with Gasteiger partial charge in [-0.2, -0.15) is 5.26 Å². The second-order valence-corrected chi connectivity index (χ2v) is 7.84. The van der Waals surface area contributed by atoms with Crippen molar-refractivity contribution in [2.75, 3.05) is 11.1 Å². The summed E-state index contributed by atoms with van der Waals surface area (Å²) in [5.74, 6) is 0.429. The van der Waals surface area contributed by atoms with E-state index in [2.05, 4.69) is 16.4 Å². The molecule has 0 radical (unpaired) electrons. The van der Waals surface area contributed by atoms with Crippen LogP contribution in [0.25, 0.3) is 21.6 Å². The summed E-state index contributed by atoms with van der Waals surface area (Å²) in [5, 5.41) is 14.8. The van der Waals surface area contributed by atoms with E-state index in [4.69, 9.17) is 17.3 Å². The Morgan fingerprint density at radius 3 is 2.55 bits per heavy atom. The lowest BCUT2D eigenvalue weighted by molar-refractivity contribution is 1.16. The highest BCUT2D eigenvalue weighted by atomic mass is 35.5. The number of hydrogen-bond acceptors (Lipinski definition) is 5. The summed E-state index contributed by atoms with van der Waals surface area (Å²) in [6, 6.07) is 23.7. The molecule has 4 rings (SSSR count). The van der Waals surface area contributed by atoms with Crippen LogP contribution in [0.4, 0.5) is 10.8 Å². The Balaban J connectivity index is 1.86. The second-order valence-electron chi connectivity index (χ2n) is 6.41. The molecule has 6 heteroatoms. The number of pyridine rings is 1. The lowest BCUT2D eigenvalue weighted by Gasteiger charge is -2.08. The van der Waals surface area contributed by atoms with Gasteiger partial charge in [0.25, 0.3) is 0 Å². The van der Waals surface area contributed by atoms with E-state index in [0.29, 0.717) is 22.9 Å². The molecule has 142 valence electrons. The van der Waals surface area contributed by atoms with E-state index in [9.17, 15) is 5.26 Å². The van der Waals surface area contributed by atoms with Crippen molar-refractivity contribution < 1.29 is 0 Å². The van der Waals surface area contributed by atoms with E-state index < -0.39 is 0 Å². The van der Waals surface area contributed by atoms with Gasteiger partial charge in [-0.15, -0.1) is 11.3 Å². The van der Waals surface area contributed by atoms with Gasteiger partial charge in [0.05, 0.1) is 5.56 Å². The molecule has 2 aromatic carbocycles. The molecule has 0 unspecified atom stereocenters. The van der Waals surface area contributed by atoms with Gasteiger partial charge in [0, 0.05) is 33.8 Å². The van der Waals surface area contributed by atoms with E-state index >= 15 is 0 Å². The number of nitrogens with zero attached hydrogens (tertiary/aromatic N) is 2. The fraction of sp³-hybridized carbons (Fsp3) is 0.0435. The molecular weight excluding hydrogens is 400 g/mol. The van der Waals surface area contributed by atoms with Gasteiger partial charge in [-0.3, -0.25) is 0 Å². The van der Waals surface area contributed by atoms with Crippen molar-refractivity contribution in [1.29, 1.82) is 5.26 Å². The molecule has 0 atom stereocenters.